The highest BCUT2D eigenvalue weighted by molar-refractivity contribution is 6.29. The lowest BCUT2D eigenvalue weighted by molar-refractivity contribution is 0.415. The van der Waals surface area contributed by atoms with Crippen molar-refractivity contribution in [3.63, 3.8) is 0 Å². The van der Waals surface area contributed by atoms with Crippen LogP contribution in [0.4, 0.5) is 0 Å². The van der Waals surface area contributed by atoms with Gasteiger partial charge in [-0.1, -0.05) is 11.6 Å². The summed E-state index contributed by atoms with van der Waals surface area (Å²) < 4.78 is 7.02. The average molecular weight is 261 g/mol. The largest absolute Gasteiger partial charge is 0.497 e. The Labute approximate surface area is 108 Å². The van der Waals surface area contributed by atoms with Crippen molar-refractivity contribution in [2.75, 3.05) is 7.11 Å². The fourth-order valence-electron chi connectivity index (χ4n) is 1.75. The molecule has 0 aliphatic carbocycles. The van der Waals surface area contributed by atoms with Gasteiger partial charge in [0.25, 0.3) is 0 Å². The maximum Gasteiger partial charge on any atom is 0.158 e. The van der Waals surface area contributed by atoms with Gasteiger partial charge in [0.05, 0.1) is 30.5 Å². The van der Waals surface area contributed by atoms with Crippen LogP contribution in [-0.4, -0.2) is 26.6 Å². The lowest BCUT2D eigenvalue weighted by atomic mass is 10.3. The predicted molar refractivity (Wildman–Crippen MR) is 68.2 cm³/mol. The Morgan fingerprint density at radius 3 is 2.94 bits per heavy atom. The van der Waals surface area contributed by atoms with E-state index in [-0.39, 0.29) is 0 Å². The quantitative estimate of drug-likeness (QED) is 0.710. The molecule has 6 heteroatoms. The Balaban J connectivity index is 2.22. The van der Waals surface area contributed by atoms with Crippen LogP contribution in [0.1, 0.15) is 0 Å². The molecule has 0 spiro atoms. The van der Waals surface area contributed by atoms with E-state index in [0.29, 0.717) is 11.0 Å². The Morgan fingerprint density at radius 1 is 1.28 bits per heavy atom. The Bertz CT molecular complexity index is 710. The first-order valence-electron chi connectivity index (χ1n) is 5.27. The molecule has 0 bridgehead atoms. The van der Waals surface area contributed by atoms with Gasteiger partial charge < -0.3 is 4.74 Å². The van der Waals surface area contributed by atoms with Crippen molar-refractivity contribution in [3.8, 4) is 11.6 Å². The van der Waals surface area contributed by atoms with Gasteiger partial charge in [0.15, 0.2) is 5.82 Å². The van der Waals surface area contributed by atoms with Crippen LogP contribution in [0.15, 0.2) is 36.9 Å². The first-order chi connectivity index (χ1) is 8.78. The minimum Gasteiger partial charge on any atom is -0.497 e. The molecule has 18 heavy (non-hydrogen) atoms. The summed E-state index contributed by atoms with van der Waals surface area (Å²) in [5, 5.41) is 0.345. The van der Waals surface area contributed by atoms with Crippen molar-refractivity contribution in [2.45, 2.75) is 0 Å². The Kier molecular flexibility index (Phi) is 2.60. The molecule has 1 aromatic carbocycles. The van der Waals surface area contributed by atoms with Crippen molar-refractivity contribution in [2.24, 2.45) is 0 Å². The molecule has 0 fully saturated rings. The third kappa shape index (κ3) is 1.78. The van der Waals surface area contributed by atoms with Crippen LogP contribution in [0.3, 0.4) is 0 Å². The van der Waals surface area contributed by atoms with Crippen LogP contribution in [-0.2, 0) is 0 Å². The first kappa shape index (κ1) is 11.0. The molecule has 2 aromatic heterocycles. The van der Waals surface area contributed by atoms with E-state index in [2.05, 4.69) is 15.0 Å². The van der Waals surface area contributed by atoms with Gasteiger partial charge in [0, 0.05) is 6.07 Å². The summed E-state index contributed by atoms with van der Waals surface area (Å²) in [7, 11) is 1.63. The standard InChI is InChI=1S/C12H9ClN4O/c1-18-8-2-3-9-10(4-8)17(7-15-9)12-6-14-5-11(13)16-12/h2-7H,1H3. The summed E-state index contributed by atoms with van der Waals surface area (Å²) >= 11 is 5.84. The summed E-state index contributed by atoms with van der Waals surface area (Å²) in [5.41, 5.74) is 1.75. The van der Waals surface area contributed by atoms with Crippen molar-refractivity contribution in [3.05, 3.63) is 42.1 Å². The van der Waals surface area contributed by atoms with Crippen LogP contribution < -0.4 is 4.74 Å². The van der Waals surface area contributed by atoms with Crippen molar-refractivity contribution >= 4 is 22.6 Å². The molecule has 0 aliphatic heterocycles. The Morgan fingerprint density at radius 2 is 2.17 bits per heavy atom. The fourth-order valence-corrected chi connectivity index (χ4v) is 1.89. The third-order valence-electron chi connectivity index (χ3n) is 2.59. The maximum absolute atomic E-state index is 5.84. The van der Waals surface area contributed by atoms with Gasteiger partial charge in [-0.05, 0) is 12.1 Å². The van der Waals surface area contributed by atoms with E-state index in [1.807, 2.05) is 22.8 Å². The number of fused-ring (bicyclic) bond motifs is 1. The Hall–Kier alpha value is -2.14. The molecule has 3 aromatic rings. The first-order valence-corrected chi connectivity index (χ1v) is 5.65. The van der Waals surface area contributed by atoms with Gasteiger partial charge in [-0.2, -0.15) is 0 Å². The highest BCUT2D eigenvalue weighted by Crippen LogP contribution is 2.22. The van der Waals surface area contributed by atoms with Crippen LogP contribution in [0.5, 0.6) is 5.75 Å². The summed E-state index contributed by atoms with van der Waals surface area (Å²) in [6.07, 6.45) is 4.81. The van der Waals surface area contributed by atoms with Gasteiger partial charge in [-0.3, -0.25) is 9.55 Å². The van der Waals surface area contributed by atoms with Crippen LogP contribution in [0.2, 0.25) is 5.15 Å². The van der Waals surface area contributed by atoms with E-state index < -0.39 is 0 Å². The summed E-state index contributed by atoms with van der Waals surface area (Å²) in [6.45, 7) is 0. The summed E-state index contributed by atoms with van der Waals surface area (Å²) in [4.78, 5) is 12.5. The van der Waals surface area contributed by atoms with Gasteiger partial charge >= 0.3 is 0 Å². The fraction of sp³-hybridized carbons (Fsp3) is 0.0833. The molecule has 0 unspecified atom stereocenters. The molecule has 0 amide bonds. The van der Waals surface area contributed by atoms with Gasteiger partial charge in [0.2, 0.25) is 0 Å². The maximum atomic E-state index is 5.84. The highest BCUT2D eigenvalue weighted by atomic mass is 35.5. The highest BCUT2D eigenvalue weighted by Gasteiger charge is 2.07. The molecule has 90 valence electrons. The second-order valence-corrected chi connectivity index (χ2v) is 4.06. The average Bonchev–Trinajstić information content (AvgIpc) is 2.81. The zero-order valence-electron chi connectivity index (χ0n) is 9.54. The number of hydrogen-bond acceptors (Lipinski definition) is 4. The van der Waals surface area contributed by atoms with E-state index in [4.69, 9.17) is 16.3 Å². The molecule has 3 rings (SSSR count). The molecule has 0 aliphatic rings. The van der Waals surface area contributed by atoms with Crippen LogP contribution >= 0.6 is 11.6 Å². The molecular weight excluding hydrogens is 252 g/mol. The van der Waals surface area contributed by atoms with Gasteiger partial charge in [-0.15, -0.1) is 0 Å². The van der Waals surface area contributed by atoms with E-state index in [0.717, 1.165) is 16.8 Å². The smallest absolute Gasteiger partial charge is 0.158 e. The van der Waals surface area contributed by atoms with Crippen molar-refractivity contribution in [1.29, 1.82) is 0 Å². The number of hydrogen-bond donors (Lipinski definition) is 0. The van der Waals surface area contributed by atoms with Gasteiger partial charge in [-0.25, -0.2) is 9.97 Å². The normalized spacial score (nSPS) is 10.8. The molecule has 0 atom stereocenters. The summed E-state index contributed by atoms with van der Waals surface area (Å²) in [5.74, 6) is 1.39. The van der Waals surface area contributed by atoms with Crippen LogP contribution in [0.25, 0.3) is 16.9 Å². The monoisotopic (exact) mass is 260 g/mol. The van der Waals surface area contributed by atoms with Crippen LogP contribution in [0, 0.1) is 0 Å². The van der Waals surface area contributed by atoms with E-state index in [1.54, 1.807) is 19.6 Å². The number of nitrogens with zero attached hydrogens (tertiary/aromatic N) is 4. The molecule has 0 saturated carbocycles. The predicted octanol–water partition coefficient (Wildman–Crippen LogP) is 2.48. The number of rotatable bonds is 2. The number of imidazole rings is 1. The SMILES string of the molecule is COc1ccc2ncn(-c3cncc(Cl)n3)c2c1. The zero-order valence-corrected chi connectivity index (χ0v) is 10.3. The van der Waals surface area contributed by atoms with E-state index in [9.17, 15) is 0 Å². The molecule has 0 radical (unpaired) electrons. The molecule has 0 saturated heterocycles. The number of benzene rings is 1. The lowest BCUT2D eigenvalue weighted by Crippen LogP contribution is -1.97. The molecule has 0 N–H and O–H groups in total. The second-order valence-electron chi connectivity index (χ2n) is 3.67. The van der Waals surface area contributed by atoms with Crippen molar-refractivity contribution in [1.82, 2.24) is 19.5 Å². The molecular formula is C12H9ClN4O. The second kappa shape index (κ2) is 4.27. The number of methoxy groups -OCH3 is 1. The summed E-state index contributed by atoms with van der Waals surface area (Å²) in [6, 6.07) is 5.65. The van der Waals surface area contributed by atoms with Gasteiger partial charge in [0.1, 0.15) is 17.2 Å². The number of aromatic nitrogens is 4. The van der Waals surface area contributed by atoms with E-state index in [1.165, 1.54) is 6.20 Å². The minimum absolute atomic E-state index is 0.345. The zero-order chi connectivity index (χ0) is 12.5. The number of ether oxygens (including phenoxy) is 1. The lowest BCUT2D eigenvalue weighted by Gasteiger charge is -2.04. The number of halogens is 1. The molecule has 5 nitrogen and oxygen atoms in total. The topological polar surface area (TPSA) is 52.8 Å². The minimum atomic E-state index is 0.345. The molecule has 2 heterocycles. The third-order valence-corrected chi connectivity index (χ3v) is 2.78. The van der Waals surface area contributed by atoms with Crippen molar-refractivity contribution < 1.29 is 4.74 Å². The van der Waals surface area contributed by atoms with E-state index >= 15 is 0 Å².